The summed E-state index contributed by atoms with van der Waals surface area (Å²) in [6.07, 6.45) is 0.197. The van der Waals surface area contributed by atoms with Gasteiger partial charge >= 0.3 is 5.97 Å². The molecule has 0 spiro atoms. The highest BCUT2D eigenvalue weighted by atomic mass is 16.8. The topological polar surface area (TPSA) is 85.0 Å². The molecule has 0 amide bonds. The van der Waals surface area contributed by atoms with Crippen LogP contribution in [0.2, 0.25) is 0 Å². The van der Waals surface area contributed by atoms with Gasteiger partial charge in [-0.05, 0) is 6.42 Å². The van der Waals surface area contributed by atoms with Crippen LogP contribution in [0.5, 0.6) is 0 Å². The summed E-state index contributed by atoms with van der Waals surface area (Å²) in [5.74, 6) is -0.926. The number of hydrogen-bond donors (Lipinski definition) is 3. The Kier molecular flexibility index (Phi) is 3.58. The first-order chi connectivity index (χ1) is 6.61. The van der Waals surface area contributed by atoms with E-state index in [1.165, 1.54) is 6.07 Å². The molecule has 0 aliphatic heterocycles. The molecule has 0 heterocycles. The largest absolute Gasteiger partial charge is 0.595 e. The van der Waals surface area contributed by atoms with E-state index in [9.17, 15) is 10.0 Å². The summed E-state index contributed by atoms with van der Waals surface area (Å²) in [4.78, 5) is 10.3. The number of quaternary nitrogens is 1. The van der Waals surface area contributed by atoms with Gasteiger partial charge in [0.1, 0.15) is 0 Å². The smallest absolute Gasteiger partial charge is 0.303 e. The van der Waals surface area contributed by atoms with E-state index in [1.807, 2.05) is 0 Å². The molecule has 76 valence electrons. The molecule has 5 nitrogen and oxygen atoms in total. The van der Waals surface area contributed by atoms with Gasteiger partial charge in [0.25, 0.3) is 0 Å². The summed E-state index contributed by atoms with van der Waals surface area (Å²) >= 11 is 0. The zero-order chi connectivity index (χ0) is 10.6. The second-order valence-corrected chi connectivity index (χ2v) is 2.86. The van der Waals surface area contributed by atoms with Crippen molar-refractivity contribution in [1.82, 2.24) is 0 Å². The Morgan fingerprint density at radius 2 is 2.07 bits per heavy atom. The van der Waals surface area contributed by atoms with Crippen LogP contribution in [0.4, 0.5) is 5.69 Å². The predicted molar refractivity (Wildman–Crippen MR) is 48.2 cm³/mol. The van der Waals surface area contributed by atoms with E-state index in [2.05, 4.69) is 0 Å². The number of aliphatic carboxylic acids is 1. The zero-order valence-electron chi connectivity index (χ0n) is 7.43. The molecule has 0 saturated heterocycles. The lowest BCUT2D eigenvalue weighted by Crippen LogP contribution is -2.99. The molecular weight excluding hydrogens is 186 g/mol. The Labute approximate surface area is 80.7 Å². The maximum atomic E-state index is 10.7. The van der Waals surface area contributed by atoms with Crippen molar-refractivity contribution in [2.24, 2.45) is 0 Å². The Hall–Kier alpha value is -1.43. The van der Waals surface area contributed by atoms with Crippen molar-refractivity contribution in [1.29, 1.82) is 0 Å². The van der Waals surface area contributed by atoms with Crippen molar-refractivity contribution < 1.29 is 20.3 Å². The molecule has 0 fully saturated rings. The first kappa shape index (κ1) is 10.6. The summed E-state index contributed by atoms with van der Waals surface area (Å²) in [6.45, 7) is 0. The highest BCUT2D eigenvalue weighted by Crippen LogP contribution is 2.12. The summed E-state index contributed by atoms with van der Waals surface area (Å²) < 4.78 is 0. The van der Waals surface area contributed by atoms with E-state index in [-0.39, 0.29) is 18.5 Å². The fraction of sp³-hybridized carbons (Fsp3) is 0.222. The summed E-state index contributed by atoms with van der Waals surface area (Å²) in [6, 6.07) is 6.42. The van der Waals surface area contributed by atoms with E-state index >= 15 is 0 Å². The van der Waals surface area contributed by atoms with Crippen molar-refractivity contribution >= 4 is 11.7 Å². The van der Waals surface area contributed by atoms with E-state index < -0.39 is 11.2 Å². The molecule has 0 aliphatic rings. The normalized spacial score (nSPS) is 12.4. The molecular formula is C9H11NO4. The molecule has 0 aliphatic carbocycles. The minimum atomic E-state index is -1.02. The molecule has 1 aromatic rings. The van der Waals surface area contributed by atoms with Crippen molar-refractivity contribution in [2.45, 2.75) is 12.8 Å². The number of carbonyl (C=O) groups is 1. The van der Waals surface area contributed by atoms with Gasteiger partial charge < -0.3 is 10.3 Å². The number of aryl methyl sites for hydroxylation is 1. The summed E-state index contributed by atoms with van der Waals surface area (Å²) in [5, 5.41) is 26.9. The molecule has 0 aromatic heterocycles. The maximum Gasteiger partial charge on any atom is 0.303 e. The van der Waals surface area contributed by atoms with E-state index in [0.29, 0.717) is 5.56 Å². The van der Waals surface area contributed by atoms with Crippen LogP contribution in [0.15, 0.2) is 24.3 Å². The Morgan fingerprint density at radius 3 is 2.64 bits per heavy atom. The first-order valence-corrected chi connectivity index (χ1v) is 4.14. The molecule has 1 aromatic carbocycles. The monoisotopic (exact) mass is 197 g/mol. The van der Waals surface area contributed by atoms with Crippen LogP contribution in [-0.4, -0.2) is 16.3 Å². The average molecular weight is 197 g/mol. The molecule has 5 heteroatoms. The van der Waals surface area contributed by atoms with Crippen molar-refractivity contribution in [2.75, 3.05) is 0 Å². The molecule has 0 saturated carbocycles. The maximum absolute atomic E-state index is 10.7. The van der Waals surface area contributed by atoms with Gasteiger partial charge in [0.2, 0.25) is 0 Å². The second-order valence-electron chi connectivity index (χ2n) is 2.86. The highest BCUT2D eigenvalue weighted by molar-refractivity contribution is 5.67. The van der Waals surface area contributed by atoms with Crippen LogP contribution < -0.4 is 5.23 Å². The van der Waals surface area contributed by atoms with Gasteiger partial charge in [0.15, 0.2) is 5.69 Å². The average Bonchev–Trinajstić information content (AvgIpc) is 2.15. The molecule has 1 rings (SSSR count). The fourth-order valence-corrected chi connectivity index (χ4v) is 1.19. The van der Waals surface area contributed by atoms with Crippen LogP contribution in [-0.2, 0) is 11.2 Å². The van der Waals surface area contributed by atoms with Gasteiger partial charge in [-0.25, -0.2) is 5.21 Å². The van der Waals surface area contributed by atoms with Crippen LogP contribution in [0.25, 0.3) is 0 Å². The third-order valence-electron chi connectivity index (χ3n) is 1.86. The SMILES string of the molecule is O=C(O)CCc1ccccc1[NH+]([O-])O. The number of para-hydroxylation sites is 1. The molecule has 14 heavy (non-hydrogen) atoms. The number of rotatable bonds is 4. The molecule has 3 N–H and O–H groups in total. The number of nitrogens with one attached hydrogen (secondary N) is 1. The third kappa shape index (κ3) is 2.81. The summed E-state index contributed by atoms with van der Waals surface area (Å²) in [5.41, 5.74) is 0.733. The third-order valence-corrected chi connectivity index (χ3v) is 1.86. The van der Waals surface area contributed by atoms with Crippen LogP contribution in [0.3, 0.4) is 0 Å². The van der Waals surface area contributed by atoms with Crippen LogP contribution in [0, 0.1) is 5.21 Å². The second kappa shape index (κ2) is 4.71. The lowest BCUT2D eigenvalue weighted by molar-refractivity contribution is -0.991. The number of carboxylic acid groups (broad SMARTS) is 1. The minimum Gasteiger partial charge on any atom is -0.595 e. The summed E-state index contributed by atoms with van der Waals surface area (Å²) in [7, 11) is 0. The van der Waals surface area contributed by atoms with Gasteiger partial charge in [-0.3, -0.25) is 4.79 Å². The lowest BCUT2D eigenvalue weighted by Gasteiger charge is -2.14. The van der Waals surface area contributed by atoms with E-state index in [4.69, 9.17) is 10.3 Å². The van der Waals surface area contributed by atoms with E-state index in [0.717, 1.165) is 0 Å². The van der Waals surface area contributed by atoms with Gasteiger partial charge in [0, 0.05) is 18.1 Å². The zero-order valence-corrected chi connectivity index (χ0v) is 7.43. The molecule has 0 radical (unpaired) electrons. The van der Waals surface area contributed by atoms with Gasteiger partial charge in [0.05, 0.1) is 0 Å². The standard InChI is InChI=1S/C9H11NO4/c11-9(12)6-5-7-3-1-2-4-8(7)10(13)14/h1-4,10,13H,5-6H2,(H,11,12). The fourth-order valence-electron chi connectivity index (χ4n) is 1.19. The van der Waals surface area contributed by atoms with Crippen molar-refractivity contribution in [3.63, 3.8) is 0 Å². The Balaban J connectivity index is 2.79. The van der Waals surface area contributed by atoms with Crippen LogP contribution in [0.1, 0.15) is 12.0 Å². The Morgan fingerprint density at radius 1 is 1.43 bits per heavy atom. The molecule has 1 unspecified atom stereocenters. The first-order valence-electron chi connectivity index (χ1n) is 4.14. The number of hydrogen-bond acceptors (Lipinski definition) is 3. The van der Waals surface area contributed by atoms with Gasteiger partial charge in [-0.15, -0.1) is 0 Å². The minimum absolute atomic E-state index is 0.0513. The molecule has 0 bridgehead atoms. The van der Waals surface area contributed by atoms with Gasteiger partial charge in [-0.2, -0.15) is 5.23 Å². The van der Waals surface area contributed by atoms with Crippen LogP contribution >= 0.6 is 0 Å². The number of carboxylic acids is 1. The van der Waals surface area contributed by atoms with Crippen molar-refractivity contribution in [3.8, 4) is 0 Å². The predicted octanol–water partition coefficient (Wildman–Crippen LogP) is 0.107. The Bertz CT molecular complexity index is 324. The van der Waals surface area contributed by atoms with Gasteiger partial charge in [-0.1, -0.05) is 18.2 Å². The quantitative estimate of drug-likeness (QED) is 0.598. The van der Waals surface area contributed by atoms with E-state index in [1.54, 1.807) is 18.2 Å². The lowest BCUT2D eigenvalue weighted by atomic mass is 10.1. The molecule has 1 atom stereocenters. The van der Waals surface area contributed by atoms with Crippen molar-refractivity contribution in [3.05, 3.63) is 35.0 Å². The highest BCUT2D eigenvalue weighted by Gasteiger charge is 2.08. The number of benzene rings is 1.